The number of rotatable bonds is 4. The molecule has 1 aliphatic heterocycles. The van der Waals surface area contributed by atoms with Crippen molar-refractivity contribution in [3.63, 3.8) is 0 Å². The van der Waals surface area contributed by atoms with Gasteiger partial charge in [-0.2, -0.15) is 0 Å². The van der Waals surface area contributed by atoms with E-state index in [0.717, 1.165) is 12.2 Å². The molecule has 2 atom stereocenters. The average molecular weight is 226 g/mol. The number of aliphatic carboxylic acids is 1. The van der Waals surface area contributed by atoms with Crippen molar-refractivity contribution in [2.24, 2.45) is 0 Å². The molecule has 88 valence electrons. The van der Waals surface area contributed by atoms with Crippen LogP contribution in [0, 0.1) is 0 Å². The Bertz CT molecular complexity index is 379. The van der Waals surface area contributed by atoms with Gasteiger partial charge in [-0.1, -0.05) is 0 Å². The minimum absolute atomic E-state index is 0.0278. The molecular weight excluding hydrogens is 212 g/mol. The van der Waals surface area contributed by atoms with Crippen LogP contribution >= 0.6 is 0 Å². The molecule has 0 aliphatic carbocycles. The van der Waals surface area contributed by atoms with Gasteiger partial charge in [-0.05, 0) is 23.8 Å². The Morgan fingerprint density at radius 1 is 1.69 bits per heavy atom. The van der Waals surface area contributed by atoms with Crippen molar-refractivity contribution in [3.05, 3.63) is 5.82 Å². The SMILES string of the molecule is CC1OCCC1c1nnnn1CCC(=O)O. The molecule has 2 rings (SSSR count). The van der Waals surface area contributed by atoms with E-state index in [1.807, 2.05) is 6.92 Å². The first-order valence-corrected chi connectivity index (χ1v) is 5.28. The summed E-state index contributed by atoms with van der Waals surface area (Å²) in [7, 11) is 0. The first kappa shape index (κ1) is 11.0. The smallest absolute Gasteiger partial charge is 0.305 e. The highest BCUT2D eigenvalue weighted by Gasteiger charge is 2.30. The Morgan fingerprint density at radius 3 is 3.12 bits per heavy atom. The normalized spacial score (nSPS) is 24.8. The van der Waals surface area contributed by atoms with Gasteiger partial charge in [0, 0.05) is 12.5 Å². The standard InChI is InChI=1S/C9H14N4O3/c1-6-7(3-5-16-6)9-10-11-12-13(9)4-2-8(14)15/h6-7H,2-5H2,1H3,(H,14,15). The van der Waals surface area contributed by atoms with E-state index in [2.05, 4.69) is 15.5 Å². The monoisotopic (exact) mass is 226 g/mol. The molecule has 2 heterocycles. The van der Waals surface area contributed by atoms with E-state index in [1.54, 1.807) is 4.68 Å². The predicted molar refractivity (Wildman–Crippen MR) is 52.8 cm³/mol. The van der Waals surface area contributed by atoms with E-state index < -0.39 is 5.97 Å². The molecule has 1 aromatic heterocycles. The summed E-state index contributed by atoms with van der Waals surface area (Å²) in [4.78, 5) is 10.5. The van der Waals surface area contributed by atoms with Gasteiger partial charge in [-0.3, -0.25) is 4.79 Å². The number of hydrogen-bond acceptors (Lipinski definition) is 5. The van der Waals surface area contributed by atoms with Crippen LogP contribution in [0.1, 0.15) is 31.5 Å². The molecule has 7 nitrogen and oxygen atoms in total. The molecule has 0 aromatic carbocycles. The van der Waals surface area contributed by atoms with Crippen LogP contribution in [0.2, 0.25) is 0 Å². The molecule has 0 radical (unpaired) electrons. The molecule has 1 saturated heterocycles. The lowest BCUT2D eigenvalue weighted by Crippen LogP contribution is -2.17. The molecule has 16 heavy (non-hydrogen) atoms. The maximum atomic E-state index is 10.5. The fraction of sp³-hybridized carbons (Fsp3) is 0.778. The first-order chi connectivity index (χ1) is 7.68. The Labute approximate surface area is 92.4 Å². The van der Waals surface area contributed by atoms with E-state index in [1.165, 1.54) is 0 Å². The highest BCUT2D eigenvalue weighted by atomic mass is 16.5. The third-order valence-corrected chi connectivity index (χ3v) is 2.80. The lowest BCUT2D eigenvalue weighted by molar-refractivity contribution is -0.137. The van der Waals surface area contributed by atoms with Crippen molar-refractivity contribution in [2.45, 2.75) is 38.3 Å². The maximum Gasteiger partial charge on any atom is 0.305 e. The minimum Gasteiger partial charge on any atom is -0.481 e. The predicted octanol–water partition coefficient (Wildman–Crippen LogP) is 0.0402. The Kier molecular flexibility index (Phi) is 3.14. The molecule has 2 unspecified atom stereocenters. The lowest BCUT2D eigenvalue weighted by atomic mass is 10.0. The Balaban J connectivity index is 2.09. The number of nitrogens with zero attached hydrogens (tertiary/aromatic N) is 4. The maximum absolute atomic E-state index is 10.5. The van der Waals surface area contributed by atoms with E-state index in [-0.39, 0.29) is 18.4 Å². The first-order valence-electron chi connectivity index (χ1n) is 5.28. The second kappa shape index (κ2) is 4.56. The van der Waals surface area contributed by atoms with Gasteiger partial charge in [-0.25, -0.2) is 4.68 Å². The number of carboxylic acids is 1. The number of ether oxygens (including phenoxy) is 1. The van der Waals surface area contributed by atoms with Crippen LogP contribution in [-0.2, 0) is 16.1 Å². The number of carboxylic acid groups (broad SMARTS) is 1. The Morgan fingerprint density at radius 2 is 2.50 bits per heavy atom. The molecule has 1 aliphatic rings. The number of carbonyl (C=O) groups is 1. The molecule has 0 spiro atoms. The van der Waals surface area contributed by atoms with Crippen molar-refractivity contribution in [1.29, 1.82) is 0 Å². The van der Waals surface area contributed by atoms with Gasteiger partial charge >= 0.3 is 5.97 Å². The molecule has 0 amide bonds. The van der Waals surface area contributed by atoms with Crippen molar-refractivity contribution in [2.75, 3.05) is 6.61 Å². The van der Waals surface area contributed by atoms with Gasteiger partial charge in [-0.15, -0.1) is 5.10 Å². The molecule has 1 fully saturated rings. The summed E-state index contributed by atoms with van der Waals surface area (Å²) in [6.07, 6.45) is 1.00. The van der Waals surface area contributed by atoms with Gasteiger partial charge in [0.25, 0.3) is 0 Å². The molecule has 1 N–H and O–H groups in total. The summed E-state index contributed by atoms with van der Waals surface area (Å²) >= 11 is 0. The molecule has 0 saturated carbocycles. The van der Waals surface area contributed by atoms with Gasteiger partial charge in [0.15, 0.2) is 5.82 Å². The zero-order chi connectivity index (χ0) is 11.5. The van der Waals surface area contributed by atoms with Crippen LogP contribution in [0.15, 0.2) is 0 Å². The quantitative estimate of drug-likeness (QED) is 0.779. The van der Waals surface area contributed by atoms with Crippen molar-refractivity contribution >= 4 is 5.97 Å². The van der Waals surface area contributed by atoms with Crippen molar-refractivity contribution in [1.82, 2.24) is 20.2 Å². The van der Waals surface area contributed by atoms with E-state index in [0.29, 0.717) is 13.2 Å². The summed E-state index contributed by atoms with van der Waals surface area (Å²) in [5.41, 5.74) is 0. The summed E-state index contributed by atoms with van der Waals surface area (Å²) < 4.78 is 7.00. The van der Waals surface area contributed by atoms with Crippen LogP contribution in [0.3, 0.4) is 0 Å². The Hall–Kier alpha value is -1.50. The summed E-state index contributed by atoms with van der Waals surface area (Å²) in [5.74, 6) is 0.0483. The van der Waals surface area contributed by atoms with Crippen molar-refractivity contribution < 1.29 is 14.6 Å². The van der Waals surface area contributed by atoms with E-state index in [9.17, 15) is 4.79 Å². The summed E-state index contributed by atoms with van der Waals surface area (Å²) in [6.45, 7) is 2.99. The summed E-state index contributed by atoms with van der Waals surface area (Å²) in [6, 6.07) is 0. The zero-order valence-corrected chi connectivity index (χ0v) is 9.04. The van der Waals surface area contributed by atoms with Gasteiger partial charge in [0.05, 0.1) is 19.1 Å². The highest BCUT2D eigenvalue weighted by molar-refractivity contribution is 5.66. The lowest BCUT2D eigenvalue weighted by Gasteiger charge is -2.12. The summed E-state index contributed by atoms with van der Waals surface area (Å²) in [5, 5.41) is 20.0. The van der Waals surface area contributed by atoms with Crippen LogP contribution in [-0.4, -0.2) is 44.0 Å². The van der Waals surface area contributed by atoms with Crippen LogP contribution in [0.4, 0.5) is 0 Å². The van der Waals surface area contributed by atoms with E-state index >= 15 is 0 Å². The second-order valence-corrected chi connectivity index (χ2v) is 3.88. The topological polar surface area (TPSA) is 90.1 Å². The van der Waals surface area contributed by atoms with Crippen LogP contribution in [0.5, 0.6) is 0 Å². The van der Waals surface area contributed by atoms with Gasteiger partial charge in [0.1, 0.15) is 0 Å². The number of tetrazole rings is 1. The van der Waals surface area contributed by atoms with Crippen molar-refractivity contribution in [3.8, 4) is 0 Å². The third kappa shape index (κ3) is 2.19. The largest absolute Gasteiger partial charge is 0.481 e. The molecule has 0 bridgehead atoms. The fourth-order valence-electron chi connectivity index (χ4n) is 1.91. The van der Waals surface area contributed by atoms with Crippen LogP contribution < -0.4 is 0 Å². The molecule has 7 heteroatoms. The molecule has 1 aromatic rings. The van der Waals surface area contributed by atoms with E-state index in [4.69, 9.17) is 9.84 Å². The average Bonchev–Trinajstić information content (AvgIpc) is 2.82. The number of aryl methyl sites for hydroxylation is 1. The zero-order valence-electron chi connectivity index (χ0n) is 9.04. The highest BCUT2D eigenvalue weighted by Crippen LogP contribution is 2.29. The van der Waals surface area contributed by atoms with Gasteiger partial charge < -0.3 is 9.84 Å². The third-order valence-electron chi connectivity index (χ3n) is 2.80. The molecular formula is C9H14N4O3. The number of aromatic nitrogens is 4. The number of hydrogen-bond donors (Lipinski definition) is 1. The van der Waals surface area contributed by atoms with Crippen LogP contribution in [0.25, 0.3) is 0 Å². The fourth-order valence-corrected chi connectivity index (χ4v) is 1.91. The minimum atomic E-state index is -0.850. The van der Waals surface area contributed by atoms with Gasteiger partial charge in [0.2, 0.25) is 0 Å². The second-order valence-electron chi connectivity index (χ2n) is 3.88.